The van der Waals surface area contributed by atoms with E-state index >= 15 is 0 Å². The Hall–Kier alpha value is -3.92. The molecule has 1 amide bonds. The molecule has 2 unspecified atom stereocenters. The molecule has 2 bridgehead atoms. The zero-order valence-electron chi connectivity index (χ0n) is 19.8. The van der Waals surface area contributed by atoms with E-state index < -0.39 is 18.0 Å². The minimum absolute atomic E-state index is 0.0131. The molecule has 2 aliphatic carbocycles. The standard InChI is InChI=1S/C27H22F3N5O2/c1-34-19-11-16(21-15(25(34)36)3-2-4-20(21)37-26(29)30)22-18-10-13(5-8-35(18)33-23(19)22)14-9-17(28)24(32-12-14)27(31)6-7-27/h2-5,8-10,12,16,19,26H,6-7,11,31H2,1H3. The molecular weight excluding hydrogens is 483 g/mol. The summed E-state index contributed by atoms with van der Waals surface area (Å²) in [5.41, 5.74) is 10.2. The molecule has 7 nitrogen and oxygen atoms in total. The molecule has 4 heterocycles. The summed E-state index contributed by atoms with van der Waals surface area (Å²) in [6.45, 7) is -3.02. The maximum absolute atomic E-state index is 14.9. The number of nitrogens with two attached hydrogens (primary N) is 1. The highest BCUT2D eigenvalue weighted by Crippen LogP contribution is 2.53. The summed E-state index contributed by atoms with van der Waals surface area (Å²) in [6.07, 6.45) is 5.31. The molecule has 1 saturated carbocycles. The number of hydrogen-bond donors (Lipinski definition) is 1. The lowest BCUT2D eigenvalue weighted by Crippen LogP contribution is -2.30. The van der Waals surface area contributed by atoms with Crippen LogP contribution in [0, 0.1) is 5.82 Å². The van der Waals surface area contributed by atoms with Gasteiger partial charge in [0.1, 0.15) is 11.6 Å². The maximum Gasteiger partial charge on any atom is 0.387 e. The van der Waals surface area contributed by atoms with Gasteiger partial charge in [0.05, 0.1) is 28.5 Å². The van der Waals surface area contributed by atoms with Crippen molar-refractivity contribution in [2.24, 2.45) is 5.73 Å². The molecule has 7 rings (SSSR count). The van der Waals surface area contributed by atoms with Gasteiger partial charge in [0.2, 0.25) is 0 Å². The van der Waals surface area contributed by atoms with Crippen molar-refractivity contribution in [3.8, 4) is 16.9 Å². The fraction of sp³-hybridized carbons (Fsp3) is 0.296. The van der Waals surface area contributed by atoms with Crippen LogP contribution in [0.5, 0.6) is 5.75 Å². The van der Waals surface area contributed by atoms with Gasteiger partial charge < -0.3 is 15.4 Å². The molecule has 37 heavy (non-hydrogen) atoms. The minimum atomic E-state index is -3.02. The molecule has 3 aliphatic rings. The molecule has 0 saturated heterocycles. The van der Waals surface area contributed by atoms with Gasteiger partial charge in [0, 0.05) is 47.6 Å². The lowest BCUT2D eigenvalue weighted by molar-refractivity contribution is -0.0505. The van der Waals surface area contributed by atoms with Crippen LogP contribution in [-0.4, -0.2) is 39.1 Å². The van der Waals surface area contributed by atoms with Gasteiger partial charge in [-0.25, -0.2) is 8.91 Å². The zero-order valence-corrected chi connectivity index (χ0v) is 19.8. The number of pyridine rings is 2. The van der Waals surface area contributed by atoms with E-state index in [2.05, 4.69) is 4.98 Å². The fourth-order valence-corrected chi connectivity index (χ4v) is 5.88. The Balaban J connectivity index is 1.40. The van der Waals surface area contributed by atoms with Crippen LogP contribution in [0.25, 0.3) is 16.6 Å². The van der Waals surface area contributed by atoms with E-state index in [9.17, 15) is 18.0 Å². The summed E-state index contributed by atoms with van der Waals surface area (Å²) in [6, 6.07) is 9.50. The van der Waals surface area contributed by atoms with Gasteiger partial charge in [-0.05, 0) is 55.2 Å². The van der Waals surface area contributed by atoms with Gasteiger partial charge in [0.15, 0.2) is 0 Å². The number of ether oxygens (including phenoxy) is 1. The van der Waals surface area contributed by atoms with E-state index in [1.54, 1.807) is 41.0 Å². The Morgan fingerprint density at radius 1 is 1.16 bits per heavy atom. The van der Waals surface area contributed by atoms with Crippen molar-refractivity contribution >= 4 is 11.4 Å². The lowest BCUT2D eigenvalue weighted by atomic mass is 9.88. The van der Waals surface area contributed by atoms with Crippen LogP contribution in [0.1, 0.15) is 64.1 Å². The molecule has 3 aromatic heterocycles. The van der Waals surface area contributed by atoms with Crippen molar-refractivity contribution in [2.75, 3.05) is 7.05 Å². The first-order valence-corrected chi connectivity index (χ1v) is 12.1. The summed E-state index contributed by atoms with van der Waals surface area (Å²) < 4.78 is 48.1. The van der Waals surface area contributed by atoms with Crippen LogP contribution in [-0.2, 0) is 5.54 Å². The molecule has 10 heteroatoms. The minimum Gasteiger partial charge on any atom is -0.434 e. The number of carbonyl (C=O) groups is 1. The largest absolute Gasteiger partial charge is 0.434 e. The SMILES string of the molecule is CN1C(=O)c2cccc(OC(F)F)c2C2CC1c1nn3ccc(-c4cnc(C5(N)CC5)c(F)c4)cc3c12. The zero-order chi connectivity index (χ0) is 25.6. The average molecular weight is 506 g/mol. The number of benzene rings is 1. The second-order valence-corrected chi connectivity index (χ2v) is 10.1. The first-order chi connectivity index (χ1) is 17.7. The number of amides is 1. The molecule has 188 valence electrons. The highest BCUT2D eigenvalue weighted by Gasteiger charge is 2.46. The quantitative estimate of drug-likeness (QED) is 0.433. The Morgan fingerprint density at radius 3 is 2.70 bits per heavy atom. The molecular formula is C27H22F3N5O2. The molecule has 4 aromatic rings. The van der Waals surface area contributed by atoms with Gasteiger partial charge in [-0.3, -0.25) is 9.78 Å². The van der Waals surface area contributed by atoms with E-state index in [4.69, 9.17) is 15.6 Å². The fourth-order valence-electron chi connectivity index (χ4n) is 5.88. The molecule has 2 atom stereocenters. The number of carbonyl (C=O) groups excluding carboxylic acids is 1. The Labute approximate surface area is 209 Å². The van der Waals surface area contributed by atoms with Gasteiger partial charge >= 0.3 is 6.61 Å². The monoisotopic (exact) mass is 505 g/mol. The Kier molecular flexibility index (Phi) is 4.55. The first-order valence-electron chi connectivity index (χ1n) is 12.1. The van der Waals surface area contributed by atoms with Crippen LogP contribution < -0.4 is 10.5 Å². The van der Waals surface area contributed by atoms with Gasteiger partial charge in [-0.15, -0.1) is 0 Å². The van der Waals surface area contributed by atoms with E-state index in [0.29, 0.717) is 41.6 Å². The predicted octanol–water partition coefficient (Wildman–Crippen LogP) is 4.75. The van der Waals surface area contributed by atoms with Crippen LogP contribution in [0.2, 0.25) is 0 Å². The predicted molar refractivity (Wildman–Crippen MR) is 128 cm³/mol. The van der Waals surface area contributed by atoms with Crippen molar-refractivity contribution in [1.82, 2.24) is 19.5 Å². The van der Waals surface area contributed by atoms with Gasteiger partial charge in [-0.2, -0.15) is 13.9 Å². The number of hydrogen-bond acceptors (Lipinski definition) is 5. The summed E-state index contributed by atoms with van der Waals surface area (Å²) in [5.74, 6) is -1.09. The highest BCUT2D eigenvalue weighted by atomic mass is 19.3. The van der Waals surface area contributed by atoms with Crippen molar-refractivity contribution in [3.63, 3.8) is 0 Å². The molecule has 1 aliphatic heterocycles. The van der Waals surface area contributed by atoms with Gasteiger partial charge in [-0.1, -0.05) is 6.07 Å². The highest BCUT2D eigenvalue weighted by molar-refractivity contribution is 5.98. The average Bonchev–Trinajstić information content (AvgIpc) is 3.38. The van der Waals surface area contributed by atoms with E-state index in [-0.39, 0.29) is 29.3 Å². The Bertz CT molecular complexity index is 1610. The summed E-state index contributed by atoms with van der Waals surface area (Å²) in [5, 5.41) is 4.76. The summed E-state index contributed by atoms with van der Waals surface area (Å²) in [4.78, 5) is 19.2. The van der Waals surface area contributed by atoms with E-state index in [1.165, 1.54) is 12.1 Å². The topological polar surface area (TPSA) is 85.8 Å². The molecule has 2 N–H and O–H groups in total. The van der Waals surface area contributed by atoms with Crippen LogP contribution in [0.4, 0.5) is 13.2 Å². The molecule has 0 radical (unpaired) electrons. The number of nitrogens with zero attached hydrogens (tertiary/aromatic N) is 4. The molecule has 1 fully saturated rings. The number of halogens is 3. The van der Waals surface area contributed by atoms with Crippen LogP contribution in [0.3, 0.4) is 0 Å². The smallest absolute Gasteiger partial charge is 0.387 e. The normalized spacial score (nSPS) is 21.2. The third kappa shape index (κ3) is 3.21. The molecule has 1 aromatic carbocycles. The number of fused-ring (bicyclic) bond motifs is 9. The maximum atomic E-state index is 14.9. The van der Waals surface area contributed by atoms with Crippen molar-refractivity contribution in [3.05, 3.63) is 82.7 Å². The molecule has 0 spiro atoms. The van der Waals surface area contributed by atoms with Crippen molar-refractivity contribution in [1.29, 1.82) is 0 Å². The third-order valence-electron chi connectivity index (χ3n) is 7.91. The number of aromatic nitrogens is 3. The second-order valence-electron chi connectivity index (χ2n) is 10.1. The summed E-state index contributed by atoms with van der Waals surface area (Å²) in [7, 11) is 1.70. The first kappa shape index (κ1) is 22.3. The third-order valence-corrected chi connectivity index (χ3v) is 7.91. The lowest BCUT2D eigenvalue weighted by Gasteiger charge is -2.23. The number of alkyl halides is 2. The van der Waals surface area contributed by atoms with E-state index in [0.717, 1.165) is 16.6 Å². The van der Waals surface area contributed by atoms with Crippen molar-refractivity contribution < 1.29 is 22.7 Å². The Morgan fingerprint density at radius 2 is 1.97 bits per heavy atom. The van der Waals surface area contributed by atoms with Gasteiger partial charge in [0.25, 0.3) is 5.91 Å². The number of rotatable bonds is 4. The second kappa shape index (κ2) is 7.55. The van der Waals surface area contributed by atoms with Crippen LogP contribution >= 0.6 is 0 Å². The summed E-state index contributed by atoms with van der Waals surface area (Å²) >= 11 is 0. The van der Waals surface area contributed by atoms with Crippen molar-refractivity contribution in [2.45, 2.75) is 43.4 Å². The van der Waals surface area contributed by atoms with E-state index in [1.807, 2.05) is 12.1 Å². The van der Waals surface area contributed by atoms with Crippen LogP contribution in [0.15, 0.2) is 48.8 Å².